The van der Waals surface area contributed by atoms with Crippen molar-refractivity contribution in [2.45, 2.75) is 39.2 Å². The molecule has 1 aliphatic carbocycles. The molecule has 0 bridgehead atoms. The van der Waals surface area contributed by atoms with Crippen LogP contribution in [0.25, 0.3) is 16.6 Å². The Morgan fingerprint density at radius 2 is 1.88 bits per heavy atom. The Morgan fingerprint density at radius 1 is 1.12 bits per heavy atom. The normalized spacial score (nSPS) is 13.3. The van der Waals surface area contributed by atoms with Gasteiger partial charge in [-0.05, 0) is 50.5 Å². The number of hydrazine groups is 1. The topological polar surface area (TPSA) is 93.8 Å². The van der Waals surface area contributed by atoms with E-state index in [1.165, 1.54) is 4.57 Å². The van der Waals surface area contributed by atoms with Crippen molar-refractivity contribution < 1.29 is 4.79 Å². The van der Waals surface area contributed by atoms with E-state index >= 15 is 0 Å². The third kappa shape index (κ3) is 3.43. The maximum absolute atomic E-state index is 13.1. The highest BCUT2D eigenvalue weighted by Crippen LogP contribution is 2.42. The second-order valence-electron chi connectivity index (χ2n) is 8.00. The molecule has 0 saturated heterocycles. The molecule has 4 aromatic rings. The molecule has 162 valence electrons. The van der Waals surface area contributed by atoms with Gasteiger partial charge in [0.25, 0.3) is 11.5 Å². The molecule has 0 atom stereocenters. The zero-order valence-corrected chi connectivity index (χ0v) is 18.0. The molecule has 8 nitrogen and oxygen atoms in total. The number of benzene rings is 2. The summed E-state index contributed by atoms with van der Waals surface area (Å²) in [6.45, 7) is 4.32. The molecule has 2 aromatic carbocycles. The van der Waals surface area contributed by atoms with Crippen LogP contribution in [0.2, 0.25) is 0 Å². The lowest BCUT2D eigenvalue weighted by atomic mass is 10.1. The summed E-state index contributed by atoms with van der Waals surface area (Å²) < 4.78 is 3.37. The van der Waals surface area contributed by atoms with Crippen molar-refractivity contribution in [3.63, 3.8) is 0 Å². The van der Waals surface area contributed by atoms with E-state index in [-0.39, 0.29) is 11.5 Å². The molecular formula is C24H24N6O2. The first-order valence-corrected chi connectivity index (χ1v) is 10.8. The number of carbonyl (C=O) groups excluding carboxylic acids is 1. The van der Waals surface area contributed by atoms with Crippen LogP contribution in [-0.4, -0.2) is 25.2 Å². The van der Waals surface area contributed by atoms with Crippen LogP contribution in [-0.2, 0) is 6.54 Å². The van der Waals surface area contributed by atoms with Gasteiger partial charge in [-0.3, -0.25) is 25.0 Å². The van der Waals surface area contributed by atoms with Crippen LogP contribution in [0.1, 0.15) is 47.3 Å². The van der Waals surface area contributed by atoms with Crippen molar-refractivity contribution in [2.75, 3.05) is 5.43 Å². The van der Waals surface area contributed by atoms with Gasteiger partial charge in [-0.15, -0.1) is 0 Å². The number of carbonyl (C=O) groups is 1. The standard InChI is InChI=1S/C24H24N6O2/c1-3-29-23(32)17-9-5-6-10-19(17)26-24(29)28-27-22(31)18-14-25-30(21(18)16-12-13-16)20-11-7-4-8-15(20)2/h4-11,14,16H,3,12-13H2,1-2H3,(H,26,28)(H,27,31). The van der Waals surface area contributed by atoms with Crippen molar-refractivity contribution in [3.05, 3.63) is 81.9 Å². The first-order chi connectivity index (χ1) is 15.6. The molecule has 1 aliphatic rings. The maximum Gasteiger partial charge on any atom is 0.273 e. The number of hydrogen-bond acceptors (Lipinski definition) is 5. The van der Waals surface area contributed by atoms with Crippen LogP contribution >= 0.6 is 0 Å². The van der Waals surface area contributed by atoms with Crippen LogP contribution in [0.4, 0.5) is 5.95 Å². The van der Waals surface area contributed by atoms with Gasteiger partial charge in [0.1, 0.15) is 0 Å². The number of anilines is 1. The summed E-state index contributed by atoms with van der Waals surface area (Å²) in [4.78, 5) is 30.4. The number of nitrogens with zero attached hydrogens (tertiary/aromatic N) is 4. The highest BCUT2D eigenvalue weighted by molar-refractivity contribution is 5.96. The fourth-order valence-corrected chi connectivity index (χ4v) is 4.01. The maximum atomic E-state index is 13.1. The van der Waals surface area contributed by atoms with Gasteiger partial charge >= 0.3 is 0 Å². The molecule has 0 spiro atoms. The Bertz CT molecular complexity index is 1380. The smallest absolute Gasteiger partial charge is 0.273 e. The molecule has 1 fully saturated rings. The Morgan fingerprint density at radius 3 is 2.62 bits per heavy atom. The number of nitrogens with one attached hydrogen (secondary N) is 2. The van der Waals surface area contributed by atoms with Gasteiger partial charge in [0.05, 0.1) is 34.0 Å². The predicted octanol–water partition coefficient (Wildman–Crippen LogP) is 3.54. The van der Waals surface area contributed by atoms with Gasteiger partial charge < -0.3 is 0 Å². The van der Waals surface area contributed by atoms with Gasteiger partial charge in [-0.25, -0.2) is 9.67 Å². The summed E-state index contributed by atoms with van der Waals surface area (Å²) in [5.74, 6) is 0.297. The first-order valence-electron chi connectivity index (χ1n) is 10.8. The highest BCUT2D eigenvalue weighted by atomic mass is 16.2. The monoisotopic (exact) mass is 428 g/mol. The Labute approximate surface area is 184 Å². The molecule has 8 heteroatoms. The summed E-state index contributed by atoms with van der Waals surface area (Å²) in [7, 11) is 0. The molecule has 1 saturated carbocycles. The minimum atomic E-state index is -0.309. The van der Waals surface area contributed by atoms with E-state index in [1.54, 1.807) is 18.3 Å². The average Bonchev–Trinajstić information content (AvgIpc) is 3.56. The van der Waals surface area contributed by atoms with E-state index in [1.807, 2.05) is 54.9 Å². The molecule has 32 heavy (non-hydrogen) atoms. The van der Waals surface area contributed by atoms with Crippen molar-refractivity contribution in [1.82, 2.24) is 24.8 Å². The van der Waals surface area contributed by atoms with E-state index in [2.05, 4.69) is 20.9 Å². The van der Waals surface area contributed by atoms with Crippen molar-refractivity contribution >= 4 is 22.8 Å². The number of para-hydroxylation sites is 2. The summed E-state index contributed by atoms with van der Waals surface area (Å²) in [6, 6.07) is 15.2. The van der Waals surface area contributed by atoms with Crippen LogP contribution in [0.15, 0.2) is 59.5 Å². The fourth-order valence-electron chi connectivity index (χ4n) is 4.01. The Balaban J connectivity index is 1.46. The minimum absolute atomic E-state index is 0.152. The highest BCUT2D eigenvalue weighted by Gasteiger charge is 2.33. The summed E-state index contributed by atoms with van der Waals surface area (Å²) in [5, 5.41) is 5.07. The van der Waals surface area contributed by atoms with E-state index in [9.17, 15) is 9.59 Å². The molecule has 1 amide bonds. The lowest BCUT2D eigenvalue weighted by Gasteiger charge is -2.14. The van der Waals surface area contributed by atoms with E-state index in [4.69, 9.17) is 0 Å². The summed E-state index contributed by atoms with van der Waals surface area (Å²) in [6.07, 6.45) is 3.68. The van der Waals surface area contributed by atoms with Crippen LogP contribution in [0.3, 0.4) is 0 Å². The SMILES string of the molecule is CCn1c(NNC(=O)c2cnn(-c3ccccc3C)c2C2CC2)nc2ccccc2c1=O. The number of aromatic nitrogens is 4. The molecule has 2 aromatic heterocycles. The lowest BCUT2D eigenvalue weighted by Crippen LogP contribution is -2.34. The zero-order valence-electron chi connectivity index (χ0n) is 18.0. The summed E-state index contributed by atoms with van der Waals surface area (Å²) >= 11 is 0. The molecule has 5 rings (SSSR count). The van der Waals surface area contributed by atoms with Gasteiger partial charge in [-0.1, -0.05) is 30.3 Å². The lowest BCUT2D eigenvalue weighted by molar-refractivity contribution is 0.0961. The predicted molar refractivity (Wildman–Crippen MR) is 123 cm³/mol. The number of aryl methyl sites for hydroxylation is 1. The minimum Gasteiger partial charge on any atom is -0.277 e. The van der Waals surface area contributed by atoms with E-state index in [0.717, 1.165) is 29.8 Å². The van der Waals surface area contributed by atoms with Crippen LogP contribution in [0, 0.1) is 6.92 Å². The molecule has 0 radical (unpaired) electrons. The Hall–Kier alpha value is -3.94. The molecule has 0 unspecified atom stereocenters. The molecule has 0 aliphatic heterocycles. The molecule has 2 N–H and O–H groups in total. The van der Waals surface area contributed by atoms with Crippen molar-refractivity contribution in [1.29, 1.82) is 0 Å². The van der Waals surface area contributed by atoms with Gasteiger partial charge in [0, 0.05) is 12.5 Å². The largest absolute Gasteiger partial charge is 0.277 e. The number of rotatable bonds is 6. The number of amides is 1. The number of fused-ring (bicyclic) bond motifs is 1. The quantitative estimate of drug-likeness (QED) is 0.458. The molecular weight excluding hydrogens is 404 g/mol. The van der Waals surface area contributed by atoms with Gasteiger partial charge in [0.2, 0.25) is 5.95 Å². The second-order valence-corrected chi connectivity index (χ2v) is 8.00. The van der Waals surface area contributed by atoms with Crippen molar-refractivity contribution in [3.8, 4) is 5.69 Å². The number of hydrogen-bond donors (Lipinski definition) is 2. The molecule has 2 heterocycles. The van der Waals surface area contributed by atoms with E-state index in [0.29, 0.717) is 34.9 Å². The zero-order chi connectivity index (χ0) is 22.2. The van der Waals surface area contributed by atoms with Crippen molar-refractivity contribution in [2.24, 2.45) is 0 Å². The third-order valence-corrected chi connectivity index (χ3v) is 5.82. The fraction of sp³-hybridized carbons (Fsp3) is 0.250. The Kier molecular flexibility index (Phi) is 4.97. The van der Waals surface area contributed by atoms with Gasteiger partial charge in [-0.2, -0.15) is 5.10 Å². The first kappa shape index (κ1) is 20.0. The average molecular weight is 428 g/mol. The van der Waals surface area contributed by atoms with Crippen LogP contribution < -0.4 is 16.4 Å². The van der Waals surface area contributed by atoms with Gasteiger partial charge in [0.15, 0.2) is 0 Å². The third-order valence-electron chi connectivity index (χ3n) is 5.82. The summed E-state index contributed by atoms with van der Waals surface area (Å²) in [5.41, 5.74) is 9.50. The van der Waals surface area contributed by atoms with E-state index < -0.39 is 0 Å². The second kappa shape index (κ2) is 7.96. The van der Waals surface area contributed by atoms with Crippen LogP contribution in [0.5, 0.6) is 0 Å².